The summed E-state index contributed by atoms with van der Waals surface area (Å²) in [6.45, 7) is 14.2. The van der Waals surface area contributed by atoms with Gasteiger partial charge in [0.1, 0.15) is 12.2 Å². The van der Waals surface area contributed by atoms with Crippen LogP contribution < -0.4 is 9.64 Å². The summed E-state index contributed by atoms with van der Waals surface area (Å²) in [6, 6.07) is 17.5. The molecular weight excluding hydrogens is 586 g/mol. The Labute approximate surface area is 275 Å². The van der Waals surface area contributed by atoms with Gasteiger partial charge >= 0.3 is 6.09 Å². The number of hydrogen-bond acceptors (Lipinski definition) is 8. The molecule has 0 spiro atoms. The molecule has 2 aromatic rings. The number of nitrogens with zero attached hydrogens (tertiary/aromatic N) is 3. The highest BCUT2D eigenvalue weighted by molar-refractivity contribution is 5.79. The molecule has 2 atom stereocenters. The van der Waals surface area contributed by atoms with E-state index in [1.165, 1.54) is 5.56 Å². The first kappa shape index (κ1) is 39.7. The molecule has 254 valence electrons. The molecular formula is C36H53N3O7. The van der Waals surface area contributed by atoms with E-state index in [0.29, 0.717) is 51.2 Å². The molecule has 2 aromatic carbocycles. The molecule has 2 unspecified atom stereocenters. The number of aryl methyl sites for hydroxylation is 1. The minimum atomic E-state index is -0.590. The van der Waals surface area contributed by atoms with Crippen molar-refractivity contribution in [2.75, 3.05) is 51.8 Å². The first-order valence-electron chi connectivity index (χ1n) is 15.8. The molecule has 1 saturated heterocycles. The zero-order chi connectivity index (χ0) is 34.5. The maximum Gasteiger partial charge on any atom is 0.410 e. The van der Waals surface area contributed by atoms with Crippen molar-refractivity contribution >= 4 is 30.6 Å². The molecule has 1 heterocycles. The normalized spacial score (nSPS) is 14.5. The third-order valence-electron chi connectivity index (χ3n) is 7.08. The van der Waals surface area contributed by atoms with E-state index in [1.54, 1.807) is 29.0 Å². The van der Waals surface area contributed by atoms with Gasteiger partial charge in [0.25, 0.3) is 12.9 Å². The molecule has 10 heteroatoms. The number of para-hydroxylation sites is 2. The number of carbonyl (C=O) groups excluding carboxylic acids is 4. The Morgan fingerprint density at radius 3 is 2.22 bits per heavy atom. The van der Waals surface area contributed by atoms with Crippen LogP contribution in [0.1, 0.15) is 53.0 Å². The highest BCUT2D eigenvalue weighted by atomic mass is 16.6. The lowest BCUT2D eigenvalue weighted by Gasteiger charge is -2.28. The minimum absolute atomic E-state index is 0.0291. The van der Waals surface area contributed by atoms with Crippen LogP contribution in [0.15, 0.2) is 66.7 Å². The van der Waals surface area contributed by atoms with Gasteiger partial charge in [0, 0.05) is 39.6 Å². The number of anilines is 1. The molecule has 0 saturated carbocycles. The van der Waals surface area contributed by atoms with Gasteiger partial charge in [0.2, 0.25) is 5.91 Å². The van der Waals surface area contributed by atoms with Gasteiger partial charge in [-0.25, -0.2) is 4.79 Å². The first-order valence-corrected chi connectivity index (χ1v) is 15.8. The molecule has 1 aliphatic rings. The van der Waals surface area contributed by atoms with Gasteiger partial charge in [0.05, 0.1) is 12.2 Å². The maximum atomic E-state index is 13.3. The molecule has 0 aromatic heterocycles. The van der Waals surface area contributed by atoms with Crippen molar-refractivity contribution in [3.8, 4) is 5.75 Å². The van der Waals surface area contributed by atoms with Crippen LogP contribution in [0.3, 0.4) is 0 Å². The second kappa shape index (κ2) is 21.4. The Morgan fingerprint density at radius 2 is 1.63 bits per heavy atom. The Hall–Kier alpha value is -4.34. The number of amides is 2. The Balaban J connectivity index is 0.00000102. The minimum Gasteiger partial charge on any atom is -0.466 e. The number of likely N-dealkylation sites (N-methyl/N-ethyl adjacent to an activating group) is 2. The molecule has 0 bridgehead atoms. The van der Waals surface area contributed by atoms with E-state index in [9.17, 15) is 19.2 Å². The monoisotopic (exact) mass is 639 g/mol. The van der Waals surface area contributed by atoms with Crippen LogP contribution in [0.2, 0.25) is 0 Å². The van der Waals surface area contributed by atoms with Crippen LogP contribution >= 0.6 is 0 Å². The standard InChI is InChI=1S/C27H39N3O7.C7H8.C2H6/c1-27(2,3)37-26(34)30-15-13-21(18-30)22(25(33)29(5)16-17-35-19-31)10-8-9-14-28(4)23-11-6-7-12-24(23)36-20-32;1-7-5-3-2-4-6-7;1-2/h6-9,11-12,19-22H,10,13-18H2,1-5H3;2-6H,1H3;1-2H3/b9-8+;;. The van der Waals surface area contributed by atoms with E-state index in [2.05, 4.69) is 19.1 Å². The molecule has 1 fully saturated rings. The van der Waals surface area contributed by atoms with Gasteiger partial charge in [-0.2, -0.15) is 0 Å². The SMILES string of the molecule is CC.CN(CCOC=O)C(=O)C(C/C=C/CN(C)c1ccccc1OC=O)C1CCN(C(=O)OC(C)(C)C)C1.Cc1ccccc1. The van der Waals surface area contributed by atoms with Crippen LogP contribution in [0, 0.1) is 18.8 Å². The van der Waals surface area contributed by atoms with E-state index in [4.69, 9.17) is 14.2 Å². The number of allylic oxidation sites excluding steroid dienone is 1. The molecule has 1 aliphatic heterocycles. The second-order valence-corrected chi connectivity index (χ2v) is 11.7. The van der Waals surface area contributed by atoms with E-state index < -0.39 is 5.60 Å². The van der Waals surface area contributed by atoms with Gasteiger partial charge in [-0.05, 0) is 58.6 Å². The van der Waals surface area contributed by atoms with Crippen LogP contribution in [-0.4, -0.2) is 87.2 Å². The summed E-state index contributed by atoms with van der Waals surface area (Å²) in [4.78, 5) is 52.3. The van der Waals surface area contributed by atoms with Gasteiger partial charge in [-0.15, -0.1) is 0 Å². The van der Waals surface area contributed by atoms with Crippen molar-refractivity contribution < 1.29 is 33.4 Å². The van der Waals surface area contributed by atoms with Gasteiger partial charge in [-0.1, -0.05) is 74.0 Å². The molecule has 2 amide bonds. The molecule has 46 heavy (non-hydrogen) atoms. The average molecular weight is 640 g/mol. The third-order valence-corrected chi connectivity index (χ3v) is 7.08. The fourth-order valence-corrected chi connectivity index (χ4v) is 4.77. The van der Waals surface area contributed by atoms with E-state index >= 15 is 0 Å². The summed E-state index contributed by atoms with van der Waals surface area (Å²) in [5.41, 5.74) is 1.50. The quantitative estimate of drug-likeness (QED) is 0.146. The predicted octanol–water partition coefficient (Wildman–Crippen LogP) is 6.13. The highest BCUT2D eigenvalue weighted by Crippen LogP contribution is 2.30. The van der Waals surface area contributed by atoms with Crippen LogP contribution in [0.4, 0.5) is 10.5 Å². The van der Waals surface area contributed by atoms with Crippen molar-refractivity contribution in [2.45, 2.75) is 60.0 Å². The summed E-state index contributed by atoms with van der Waals surface area (Å²) in [6.07, 6.45) is 4.74. The third kappa shape index (κ3) is 14.6. The van der Waals surface area contributed by atoms with Crippen molar-refractivity contribution in [1.29, 1.82) is 0 Å². The predicted molar refractivity (Wildman–Crippen MR) is 182 cm³/mol. The lowest BCUT2D eigenvalue weighted by atomic mass is 9.87. The largest absolute Gasteiger partial charge is 0.466 e. The molecule has 0 radical (unpaired) electrons. The lowest BCUT2D eigenvalue weighted by molar-refractivity contribution is -0.138. The topological polar surface area (TPSA) is 106 Å². The van der Waals surface area contributed by atoms with Crippen molar-refractivity contribution in [1.82, 2.24) is 9.80 Å². The Kier molecular flexibility index (Phi) is 18.5. The summed E-state index contributed by atoms with van der Waals surface area (Å²) in [5, 5.41) is 0. The number of likely N-dealkylation sites (tertiary alicyclic amines) is 1. The lowest BCUT2D eigenvalue weighted by Crippen LogP contribution is -2.40. The summed E-state index contributed by atoms with van der Waals surface area (Å²) < 4.78 is 15.3. The van der Waals surface area contributed by atoms with Gasteiger partial charge in [0.15, 0.2) is 5.75 Å². The van der Waals surface area contributed by atoms with Gasteiger partial charge < -0.3 is 28.9 Å². The van der Waals surface area contributed by atoms with E-state index in [0.717, 1.165) is 5.69 Å². The smallest absolute Gasteiger partial charge is 0.410 e. The van der Waals surface area contributed by atoms with Crippen LogP contribution in [-0.2, 0) is 23.9 Å². The molecule has 10 nitrogen and oxygen atoms in total. The fourth-order valence-electron chi connectivity index (χ4n) is 4.77. The van der Waals surface area contributed by atoms with Gasteiger partial charge in [-0.3, -0.25) is 14.4 Å². The molecule has 0 N–H and O–H groups in total. The Morgan fingerprint density at radius 1 is 0.978 bits per heavy atom. The average Bonchev–Trinajstić information content (AvgIpc) is 3.52. The highest BCUT2D eigenvalue weighted by Gasteiger charge is 2.37. The number of carbonyl (C=O) groups is 4. The number of hydrogen-bond donors (Lipinski definition) is 0. The van der Waals surface area contributed by atoms with E-state index in [-0.39, 0.29) is 37.0 Å². The number of ether oxygens (including phenoxy) is 3. The first-order chi connectivity index (χ1) is 22.0. The van der Waals surface area contributed by atoms with Crippen LogP contribution in [0.5, 0.6) is 5.75 Å². The second-order valence-electron chi connectivity index (χ2n) is 11.7. The molecule has 0 aliphatic carbocycles. The van der Waals surface area contributed by atoms with Crippen molar-refractivity contribution in [3.63, 3.8) is 0 Å². The number of benzene rings is 2. The fraction of sp³-hybridized carbons (Fsp3) is 0.500. The zero-order valence-corrected chi connectivity index (χ0v) is 28.8. The summed E-state index contributed by atoms with van der Waals surface area (Å²) in [5.74, 6) is 0.0292. The van der Waals surface area contributed by atoms with Crippen molar-refractivity contribution in [2.24, 2.45) is 11.8 Å². The van der Waals surface area contributed by atoms with Crippen molar-refractivity contribution in [3.05, 3.63) is 72.3 Å². The Bertz CT molecular complexity index is 1210. The summed E-state index contributed by atoms with van der Waals surface area (Å²) in [7, 11) is 3.57. The molecule has 3 rings (SSSR count). The van der Waals surface area contributed by atoms with Crippen LogP contribution in [0.25, 0.3) is 0 Å². The zero-order valence-electron chi connectivity index (χ0n) is 28.8. The van der Waals surface area contributed by atoms with E-state index in [1.807, 2.05) is 89.1 Å². The summed E-state index contributed by atoms with van der Waals surface area (Å²) >= 11 is 0. The number of rotatable bonds is 13. The maximum absolute atomic E-state index is 13.3.